The molecule has 2 heterocycles. The Morgan fingerprint density at radius 1 is 1.31 bits per heavy atom. The first-order valence-electron chi connectivity index (χ1n) is 5.73. The molecule has 0 atom stereocenters. The average molecular weight is 258 g/mol. The molecular formula is C12H16ClNOS. The number of likely N-dealkylation sites (tertiary alicyclic amines) is 1. The molecule has 2 nitrogen and oxygen atoms in total. The Bertz CT molecular complexity index is 380. The van der Waals surface area contributed by atoms with Gasteiger partial charge in [0.25, 0.3) is 5.91 Å². The molecule has 0 bridgehead atoms. The van der Waals surface area contributed by atoms with Gasteiger partial charge in [-0.05, 0) is 30.7 Å². The molecular weight excluding hydrogens is 242 g/mol. The highest BCUT2D eigenvalue weighted by Gasteiger charge is 2.21. The van der Waals surface area contributed by atoms with Crippen LogP contribution in [0, 0.1) is 6.92 Å². The fourth-order valence-electron chi connectivity index (χ4n) is 1.99. The standard InChI is InChI=1S/C12H16ClNOS/c1-9-8-16-11(10(9)13)12(15)14-6-4-2-3-5-7-14/h8H,2-7H2,1H3. The summed E-state index contributed by atoms with van der Waals surface area (Å²) in [5.74, 6) is 0.116. The Morgan fingerprint density at radius 3 is 2.44 bits per heavy atom. The van der Waals surface area contributed by atoms with Gasteiger partial charge in [-0.3, -0.25) is 4.79 Å². The zero-order valence-electron chi connectivity index (χ0n) is 9.46. The van der Waals surface area contributed by atoms with E-state index < -0.39 is 0 Å². The summed E-state index contributed by atoms with van der Waals surface area (Å²) in [5.41, 5.74) is 1.00. The third-order valence-electron chi connectivity index (χ3n) is 2.99. The summed E-state index contributed by atoms with van der Waals surface area (Å²) < 4.78 is 0. The normalized spacial score (nSPS) is 17.2. The fraction of sp³-hybridized carbons (Fsp3) is 0.583. The van der Waals surface area contributed by atoms with Crippen LogP contribution in [0.2, 0.25) is 5.02 Å². The molecule has 0 N–H and O–H groups in total. The van der Waals surface area contributed by atoms with Gasteiger partial charge in [-0.15, -0.1) is 11.3 Å². The van der Waals surface area contributed by atoms with Gasteiger partial charge in [-0.2, -0.15) is 0 Å². The van der Waals surface area contributed by atoms with Crippen molar-refractivity contribution < 1.29 is 4.79 Å². The predicted octanol–water partition coefficient (Wildman–Crippen LogP) is 3.73. The fourth-order valence-corrected chi connectivity index (χ4v) is 3.23. The maximum atomic E-state index is 12.2. The van der Waals surface area contributed by atoms with E-state index in [0.717, 1.165) is 31.5 Å². The monoisotopic (exact) mass is 257 g/mol. The van der Waals surface area contributed by atoms with E-state index in [-0.39, 0.29) is 5.91 Å². The molecule has 1 saturated heterocycles. The van der Waals surface area contributed by atoms with E-state index in [1.165, 1.54) is 24.2 Å². The van der Waals surface area contributed by atoms with E-state index in [1.54, 1.807) is 0 Å². The molecule has 1 amide bonds. The van der Waals surface area contributed by atoms with Crippen LogP contribution >= 0.6 is 22.9 Å². The second-order valence-electron chi connectivity index (χ2n) is 4.27. The molecule has 88 valence electrons. The number of hydrogen-bond acceptors (Lipinski definition) is 2. The molecule has 1 aliphatic heterocycles. The zero-order chi connectivity index (χ0) is 11.5. The number of thiophene rings is 1. The largest absolute Gasteiger partial charge is 0.338 e. The summed E-state index contributed by atoms with van der Waals surface area (Å²) in [6, 6.07) is 0. The predicted molar refractivity (Wildman–Crippen MR) is 68.4 cm³/mol. The van der Waals surface area contributed by atoms with Crippen LogP contribution in [0.3, 0.4) is 0 Å². The molecule has 16 heavy (non-hydrogen) atoms. The van der Waals surface area contributed by atoms with Crippen molar-refractivity contribution in [2.75, 3.05) is 13.1 Å². The molecule has 1 aliphatic rings. The van der Waals surface area contributed by atoms with Gasteiger partial charge in [-0.25, -0.2) is 0 Å². The second-order valence-corrected chi connectivity index (χ2v) is 5.53. The quantitative estimate of drug-likeness (QED) is 0.751. The second kappa shape index (κ2) is 5.19. The number of carbonyl (C=O) groups excluding carboxylic acids is 1. The smallest absolute Gasteiger partial charge is 0.265 e. The summed E-state index contributed by atoms with van der Waals surface area (Å²) >= 11 is 7.59. The van der Waals surface area contributed by atoms with Gasteiger partial charge in [0.1, 0.15) is 4.88 Å². The van der Waals surface area contributed by atoms with Gasteiger partial charge in [0.2, 0.25) is 0 Å². The van der Waals surface area contributed by atoms with E-state index in [0.29, 0.717) is 9.90 Å². The number of halogens is 1. The Labute approximate surface area is 105 Å². The highest BCUT2D eigenvalue weighted by atomic mass is 35.5. The third-order valence-corrected chi connectivity index (χ3v) is 4.67. The number of amides is 1. The van der Waals surface area contributed by atoms with Gasteiger partial charge >= 0.3 is 0 Å². The molecule has 0 unspecified atom stereocenters. The number of carbonyl (C=O) groups is 1. The maximum absolute atomic E-state index is 12.2. The van der Waals surface area contributed by atoms with Crippen LogP contribution in [-0.4, -0.2) is 23.9 Å². The minimum Gasteiger partial charge on any atom is -0.338 e. The highest BCUT2D eigenvalue weighted by Crippen LogP contribution is 2.28. The van der Waals surface area contributed by atoms with Crippen molar-refractivity contribution >= 4 is 28.8 Å². The van der Waals surface area contributed by atoms with Crippen LogP contribution in [0.25, 0.3) is 0 Å². The van der Waals surface area contributed by atoms with E-state index in [9.17, 15) is 4.79 Å². The van der Waals surface area contributed by atoms with Gasteiger partial charge in [0.15, 0.2) is 0 Å². The maximum Gasteiger partial charge on any atom is 0.265 e. The van der Waals surface area contributed by atoms with Crippen molar-refractivity contribution in [2.24, 2.45) is 0 Å². The molecule has 4 heteroatoms. The average Bonchev–Trinajstić information content (AvgIpc) is 2.53. The SMILES string of the molecule is Cc1csc(C(=O)N2CCCCCC2)c1Cl. The van der Waals surface area contributed by atoms with E-state index >= 15 is 0 Å². The van der Waals surface area contributed by atoms with Gasteiger partial charge in [0.05, 0.1) is 5.02 Å². The van der Waals surface area contributed by atoms with Crippen molar-refractivity contribution in [1.29, 1.82) is 0 Å². The molecule has 0 aliphatic carbocycles. The van der Waals surface area contributed by atoms with Crippen LogP contribution in [0.5, 0.6) is 0 Å². The summed E-state index contributed by atoms with van der Waals surface area (Å²) in [6.07, 6.45) is 4.71. The van der Waals surface area contributed by atoms with Crippen LogP contribution in [-0.2, 0) is 0 Å². The number of nitrogens with zero attached hydrogens (tertiary/aromatic N) is 1. The van der Waals surface area contributed by atoms with Crippen molar-refractivity contribution in [3.05, 3.63) is 20.8 Å². The summed E-state index contributed by atoms with van der Waals surface area (Å²) in [4.78, 5) is 14.9. The highest BCUT2D eigenvalue weighted by molar-refractivity contribution is 7.13. The first-order chi connectivity index (χ1) is 7.70. The topological polar surface area (TPSA) is 20.3 Å². The molecule has 1 aromatic rings. The first-order valence-corrected chi connectivity index (χ1v) is 6.99. The molecule has 0 radical (unpaired) electrons. The number of aryl methyl sites for hydroxylation is 1. The van der Waals surface area contributed by atoms with Crippen molar-refractivity contribution in [3.63, 3.8) is 0 Å². The first kappa shape index (κ1) is 11.9. The summed E-state index contributed by atoms with van der Waals surface area (Å²) in [7, 11) is 0. The molecule has 0 spiro atoms. The van der Waals surface area contributed by atoms with E-state index in [4.69, 9.17) is 11.6 Å². The van der Waals surface area contributed by atoms with Crippen LogP contribution in [0.15, 0.2) is 5.38 Å². The minimum absolute atomic E-state index is 0.116. The Hall–Kier alpha value is -0.540. The lowest BCUT2D eigenvalue weighted by molar-refractivity contribution is 0.0766. The molecule has 2 rings (SSSR count). The van der Waals surface area contributed by atoms with Crippen LogP contribution in [0.4, 0.5) is 0 Å². The molecule has 1 aromatic heterocycles. The van der Waals surface area contributed by atoms with Crippen molar-refractivity contribution in [1.82, 2.24) is 4.90 Å². The Kier molecular flexibility index (Phi) is 3.87. The van der Waals surface area contributed by atoms with Gasteiger partial charge in [-0.1, -0.05) is 24.4 Å². The van der Waals surface area contributed by atoms with Crippen LogP contribution < -0.4 is 0 Å². The van der Waals surface area contributed by atoms with Crippen molar-refractivity contribution in [2.45, 2.75) is 32.6 Å². The number of rotatable bonds is 1. The zero-order valence-corrected chi connectivity index (χ0v) is 11.0. The third kappa shape index (κ3) is 2.41. The lowest BCUT2D eigenvalue weighted by Crippen LogP contribution is -2.31. The summed E-state index contributed by atoms with van der Waals surface area (Å²) in [6.45, 7) is 3.70. The van der Waals surface area contributed by atoms with E-state index in [1.807, 2.05) is 17.2 Å². The lowest BCUT2D eigenvalue weighted by Gasteiger charge is -2.19. The van der Waals surface area contributed by atoms with Crippen LogP contribution in [0.1, 0.15) is 40.9 Å². The van der Waals surface area contributed by atoms with E-state index in [2.05, 4.69) is 0 Å². The molecule has 0 saturated carbocycles. The lowest BCUT2D eigenvalue weighted by atomic mass is 10.2. The Balaban J connectivity index is 2.14. The molecule has 1 fully saturated rings. The Morgan fingerprint density at radius 2 is 1.94 bits per heavy atom. The minimum atomic E-state index is 0.116. The van der Waals surface area contributed by atoms with Crippen molar-refractivity contribution in [3.8, 4) is 0 Å². The van der Waals surface area contributed by atoms with Gasteiger partial charge < -0.3 is 4.90 Å². The number of hydrogen-bond donors (Lipinski definition) is 0. The van der Waals surface area contributed by atoms with Gasteiger partial charge in [0, 0.05) is 13.1 Å². The summed E-state index contributed by atoms with van der Waals surface area (Å²) in [5, 5.41) is 2.59. The molecule has 0 aromatic carbocycles.